The molecule has 13 heavy (non-hydrogen) atoms. The van der Waals surface area contributed by atoms with E-state index in [1.807, 2.05) is 0 Å². The van der Waals surface area contributed by atoms with Gasteiger partial charge in [-0.05, 0) is 19.4 Å². The van der Waals surface area contributed by atoms with Crippen LogP contribution in [0.5, 0.6) is 0 Å². The molecule has 0 saturated carbocycles. The van der Waals surface area contributed by atoms with Crippen molar-refractivity contribution in [1.82, 2.24) is 0 Å². The lowest BCUT2D eigenvalue weighted by molar-refractivity contribution is 1.05. The highest BCUT2D eigenvalue weighted by atomic mass is 28.3. The van der Waals surface area contributed by atoms with E-state index in [2.05, 4.69) is 52.4 Å². The van der Waals surface area contributed by atoms with Crippen LogP contribution in [0, 0.1) is 13.8 Å². The predicted octanol–water partition coefficient (Wildman–Crippen LogP) is 3.05. The quantitative estimate of drug-likeness (QED) is 0.630. The van der Waals surface area contributed by atoms with E-state index in [1.165, 1.54) is 11.1 Å². The smallest absolute Gasteiger partial charge is 0.0667 e. The van der Waals surface area contributed by atoms with E-state index in [9.17, 15) is 0 Å². The van der Waals surface area contributed by atoms with Crippen molar-refractivity contribution in [2.75, 3.05) is 0 Å². The summed E-state index contributed by atoms with van der Waals surface area (Å²) >= 11 is 0. The van der Waals surface area contributed by atoms with Crippen LogP contribution in [0.15, 0.2) is 18.2 Å². The summed E-state index contributed by atoms with van der Waals surface area (Å²) in [6.07, 6.45) is 0. The van der Waals surface area contributed by atoms with Gasteiger partial charge >= 0.3 is 0 Å². The van der Waals surface area contributed by atoms with Gasteiger partial charge in [-0.1, -0.05) is 54.9 Å². The molecule has 0 aliphatic carbocycles. The highest BCUT2D eigenvalue weighted by Gasteiger charge is 2.12. The number of rotatable bonds is 2. The molecule has 0 heterocycles. The van der Waals surface area contributed by atoms with E-state index < -0.39 is 0 Å². The van der Waals surface area contributed by atoms with Crippen LogP contribution in [-0.4, -0.2) is 8.80 Å². The van der Waals surface area contributed by atoms with E-state index in [4.69, 9.17) is 0 Å². The van der Waals surface area contributed by atoms with Crippen molar-refractivity contribution >= 4 is 14.0 Å². The van der Waals surface area contributed by atoms with Crippen LogP contribution < -0.4 is 5.19 Å². The third kappa shape index (κ3) is 2.70. The average molecular weight is 191 g/mol. The molecule has 0 unspecified atom stereocenters. The van der Waals surface area contributed by atoms with Crippen LogP contribution in [0.3, 0.4) is 0 Å². The molecule has 1 radical (unpaired) electrons. The Labute approximate surface area is 83.6 Å². The predicted molar refractivity (Wildman–Crippen MR) is 62.3 cm³/mol. The zero-order valence-electron chi connectivity index (χ0n) is 9.31. The van der Waals surface area contributed by atoms with Gasteiger partial charge in [0.15, 0.2) is 0 Å². The van der Waals surface area contributed by atoms with Gasteiger partial charge in [0.1, 0.15) is 0 Å². The Morgan fingerprint density at radius 2 is 1.46 bits per heavy atom. The van der Waals surface area contributed by atoms with Gasteiger partial charge in [0.25, 0.3) is 0 Å². The van der Waals surface area contributed by atoms with Gasteiger partial charge in [0, 0.05) is 0 Å². The fraction of sp³-hybridized carbons (Fsp3) is 0.500. The van der Waals surface area contributed by atoms with Gasteiger partial charge in [-0.15, -0.1) is 0 Å². The molecule has 0 N–H and O–H groups in total. The van der Waals surface area contributed by atoms with Crippen LogP contribution in [0.25, 0.3) is 0 Å². The van der Waals surface area contributed by atoms with Crippen molar-refractivity contribution < 1.29 is 0 Å². The SMILES string of the molecule is Cc1cc(C)cc([Si](C)C(C)C)c1. The Morgan fingerprint density at radius 1 is 1.00 bits per heavy atom. The maximum absolute atomic E-state index is 2.41. The van der Waals surface area contributed by atoms with Gasteiger partial charge in [-0.2, -0.15) is 0 Å². The summed E-state index contributed by atoms with van der Waals surface area (Å²) in [5.74, 6) is 0. The van der Waals surface area contributed by atoms with Gasteiger partial charge < -0.3 is 0 Å². The van der Waals surface area contributed by atoms with Crippen LogP contribution in [0.2, 0.25) is 12.1 Å². The molecular formula is C12H19Si. The van der Waals surface area contributed by atoms with Gasteiger partial charge in [-0.25, -0.2) is 0 Å². The third-order valence-electron chi connectivity index (χ3n) is 2.54. The topological polar surface area (TPSA) is 0 Å². The molecule has 71 valence electrons. The van der Waals surface area contributed by atoms with Gasteiger partial charge in [0.2, 0.25) is 0 Å². The molecule has 0 fully saturated rings. The molecule has 0 nitrogen and oxygen atoms in total. The van der Waals surface area contributed by atoms with Crippen LogP contribution in [0.1, 0.15) is 25.0 Å². The summed E-state index contributed by atoms with van der Waals surface area (Å²) < 4.78 is 0. The lowest BCUT2D eigenvalue weighted by atomic mass is 10.2. The van der Waals surface area contributed by atoms with Gasteiger partial charge in [0.05, 0.1) is 8.80 Å². The van der Waals surface area contributed by atoms with Crippen LogP contribution >= 0.6 is 0 Å². The molecular weight excluding hydrogens is 172 g/mol. The van der Waals surface area contributed by atoms with Crippen molar-refractivity contribution in [3.05, 3.63) is 29.3 Å². The normalized spacial score (nSPS) is 11.3. The first-order chi connectivity index (χ1) is 6.00. The minimum absolute atomic E-state index is 0.328. The van der Waals surface area contributed by atoms with E-state index in [0.717, 1.165) is 5.54 Å². The lowest BCUT2D eigenvalue weighted by Gasteiger charge is -2.15. The number of hydrogen-bond acceptors (Lipinski definition) is 0. The summed E-state index contributed by atoms with van der Waals surface area (Å²) in [7, 11) is -0.328. The molecule has 0 atom stereocenters. The molecule has 0 aliphatic rings. The fourth-order valence-corrected chi connectivity index (χ4v) is 3.11. The van der Waals surface area contributed by atoms with Crippen molar-refractivity contribution in [2.45, 2.75) is 39.8 Å². The summed E-state index contributed by atoms with van der Waals surface area (Å²) in [4.78, 5) is 0. The maximum Gasteiger partial charge on any atom is 0.0851 e. The Balaban J connectivity index is 3.01. The summed E-state index contributed by atoms with van der Waals surface area (Å²) in [6.45, 7) is 11.4. The highest BCUT2D eigenvalue weighted by molar-refractivity contribution is 6.73. The average Bonchev–Trinajstić information content (AvgIpc) is 2.01. The molecule has 1 rings (SSSR count). The Bertz CT molecular complexity index is 269. The first kappa shape index (κ1) is 10.5. The molecule has 0 amide bonds. The largest absolute Gasteiger partial charge is 0.0851 e. The number of hydrogen-bond donors (Lipinski definition) is 0. The fourth-order valence-electron chi connectivity index (χ4n) is 1.54. The first-order valence-corrected chi connectivity index (χ1v) is 7.00. The zero-order chi connectivity index (χ0) is 10.0. The molecule has 0 aromatic heterocycles. The zero-order valence-corrected chi connectivity index (χ0v) is 10.3. The van der Waals surface area contributed by atoms with E-state index in [0.29, 0.717) is 0 Å². The monoisotopic (exact) mass is 191 g/mol. The Hall–Kier alpha value is -0.563. The molecule has 0 saturated heterocycles. The van der Waals surface area contributed by atoms with Crippen molar-refractivity contribution in [2.24, 2.45) is 0 Å². The molecule has 0 spiro atoms. The van der Waals surface area contributed by atoms with Gasteiger partial charge in [-0.3, -0.25) is 0 Å². The van der Waals surface area contributed by atoms with E-state index in [1.54, 1.807) is 5.19 Å². The molecule has 1 aromatic rings. The second-order valence-corrected chi connectivity index (χ2v) is 7.31. The Kier molecular flexibility index (Phi) is 3.31. The van der Waals surface area contributed by atoms with Crippen LogP contribution in [-0.2, 0) is 0 Å². The second-order valence-electron chi connectivity index (χ2n) is 4.21. The first-order valence-electron chi connectivity index (χ1n) is 4.93. The number of benzene rings is 1. The lowest BCUT2D eigenvalue weighted by Crippen LogP contribution is -2.29. The summed E-state index contributed by atoms with van der Waals surface area (Å²) in [5, 5.41) is 1.58. The molecule has 0 aliphatic heterocycles. The molecule has 0 bridgehead atoms. The summed E-state index contributed by atoms with van der Waals surface area (Å²) in [6, 6.07) is 6.95. The third-order valence-corrected chi connectivity index (χ3v) is 5.47. The minimum Gasteiger partial charge on any atom is -0.0667 e. The van der Waals surface area contributed by atoms with E-state index in [-0.39, 0.29) is 8.80 Å². The highest BCUT2D eigenvalue weighted by Crippen LogP contribution is 2.09. The van der Waals surface area contributed by atoms with Crippen molar-refractivity contribution in [1.29, 1.82) is 0 Å². The molecule has 1 heteroatoms. The maximum atomic E-state index is 2.41. The van der Waals surface area contributed by atoms with Crippen LogP contribution in [0.4, 0.5) is 0 Å². The standard InChI is InChI=1S/C12H19Si/c1-9(2)13(5)12-7-10(3)6-11(4)8-12/h6-9H,1-5H3. The minimum atomic E-state index is -0.328. The summed E-state index contributed by atoms with van der Waals surface area (Å²) in [5.41, 5.74) is 3.63. The van der Waals surface area contributed by atoms with Crippen molar-refractivity contribution in [3.63, 3.8) is 0 Å². The molecule has 1 aromatic carbocycles. The number of aryl methyl sites for hydroxylation is 2. The second kappa shape index (κ2) is 4.10. The van der Waals surface area contributed by atoms with Crippen molar-refractivity contribution in [3.8, 4) is 0 Å². The van der Waals surface area contributed by atoms with E-state index >= 15 is 0 Å². The Morgan fingerprint density at radius 3 is 1.85 bits per heavy atom.